The largest absolute Gasteiger partial charge is 0.507 e. The Morgan fingerprint density at radius 2 is 1.25 bits per heavy atom. The summed E-state index contributed by atoms with van der Waals surface area (Å²) in [4.78, 5) is 0. The van der Waals surface area contributed by atoms with Gasteiger partial charge in [-0.25, -0.2) is 0 Å². The molecule has 0 bridgehead atoms. The number of aromatic hydroxyl groups is 1. The topological polar surface area (TPSA) is 92.0 Å². The molecule has 0 heterocycles. The van der Waals surface area contributed by atoms with Crippen molar-refractivity contribution in [3.05, 3.63) is 27.8 Å². The molecule has 110 valence electrons. The molecule has 1 aromatic rings. The Balaban J connectivity index is 3.23. The maximum absolute atomic E-state index is 10.2. The monoisotopic (exact) mass is 312 g/mol. The predicted octanol–water partition coefficient (Wildman–Crippen LogP) is 2.23. The molecule has 0 radical (unpaired) electrons. The number of hydrogen-bond acceptors (Lipinski definition) is 3. The van der Waals surface area contributed by atoms with E-state index in [9.17, 15) is 5.11 Å². The summed E-state index contributed by atoms with van der Waals surface area (Å²) in [6.07, 6.45) is 0. The summed E-state index contributed by atoms with van der Waals surface area (Å²) in [6.45, 7) is 6.54. The fraction of sp³-hybridized carbons (Fsp3) is 0.385. The summed E-state index contributed by atoms with van der Waals surface area (Å²) in [5.41, 5.74) is 4.50. The summed E-state index contributed by atoms with van der Waals surface area (Å²) in [5, 5.41) is 30.7. The van der Waals surface area contributed by atoms with Gasteiger partial charge in [0, 0.05) is 13.1 Å². The highest BCUT2D eigenvalue weighted by molar-refractivity contribution is 7.96. The summed E-state index contributed by atoms with van der Waals surface area (Å²) in [5.74, 6) is 0.251. The maximum Gasteiger partial charge on any atom is 0.150 e. The molecule has 0 saturated heterocycles. The van der Waals surface area contributed by atoms with Crippen molar-refractivity contribution in [3.8, 4) is 5.75 Å². The highest BCUT2D eigenvalue weighted by Crippen LogP contribution is 2.32. The first-order chi connectivity index (χ1) is 9.25. The molecule has 0 amide bonds. The van der Waals surface area contributed by atoms with Crippen LogP contribution in [-0.2, 0) is 13.1 Å². The van der Waals surface area contributed by atoms with Crippen LogP contribution in [0.15, 0.2) is 0 Å². The van der Waals surface area contributed by atoms with Crippen LogP contribution in [0.1, 0.15) is 27.8 Å². The molecule has 0 atom stereocenters. The van der Waals surface area contributed by atoms with Crippen molar-refractivity contribution >= 4 is 35.6 Å². The van der Waals surface area contributed by atoms with E-state index < -0.39 is 0 Å². The van der Waals surface area contributed by atoms with Crippen LogP contribution >= 0.6 is 25.3 Å². The Labute approximate surface area is 130 Å². The predicted molar refractivity (Wildman–Crippen MR) is 89.4 cm³/mol. The Morgan fingerprint density at radius 3 is 1.55 bits per heavy atom. The van der Waals surface area contributed by atoms with Crippen LogP contribution in [0.3, 0.4) is 0 Å². The minimum absolute atomic E-state index is 0.0840. The normalized spacial score (nSPS) is 10.2. The van der Waals surface area contributed by atoms with Gasteiger partial charge >= 0.3 is 0 Å². The highest BCUT2D eigenvalue weighted by Gasteiger charge is 2.16. The van der Waals surface area contributed by atoms with Gasteiger partial charge in [0.25, 0.3) is 0 Å². The van der Waals surface area contributed by atoms with E-state index in [1.54, 1.807) is 0 Å². The molecule has 0 aliphatic rings. The van der Waals surface area contributed by atoms with E-state index in [2.05, 4.69) is 35.9 Å². The smallest absolute Gasteiger partial charge is 0.150 e. The van der Waals surface area contributed by atoms with Crippen LogP contribution in [0.5, 0.6) is 5.75 Å². The molecule has 7 heteroatoms. The lowest BCUT2D eigenvalue weighted by molar-refractivity contribution is 0.464. The van der Waals surface area contributed by atoms with E-state index >= 15 is 0 Å². The number of benzene rings is 1. The molecular formula is C13H20N4OS2. The molecule has 0 aliphatic carbocycles. The molecule has 0 saturated carbocycles. The van der Waals surface area contributed by atoms with Crippen LogP contribution in [0.25, 0.3) is 0 Å². The third-order valence-electron chi connectivity index (χ3n) is 3.39. The Hall–Kier alpha value is -1.34. The van der Waals surface area contributed by atoms with Crippen LogP contribution in [-0.4, -0.2) is 15.4 Å². The Bertz CT molecular complexity index is 513. The van der Waals surface area contributed by atoms with Crippen molar-refractivity contribution in [3.63, 3.8) is 0 Å². The van der Waals surface area contributed by atoms with E-state index in [-0.39, 0.29) is 16.1 Å². The molecule has 0 unspecified atom stereocenters. The van der Waals surface area contributed by atoms with Gasteiger partial charge < -0.3 is 15.7 Å². The molecule has 0 aromatic heterocycles. The molecular weight excluding hydrogens is 292 g/mol. The minimum atomic E-state index is 0.0840. The van der Waals surface area contributed by atoms with E-state index in [1.165, 1.54) is 0 Å². The number of rotatable bonds is 4. The summed E-state index contributed by atoms with van der Waals surface area (Å²) >= 11 is 7.79. The highest BCUT2D eigenvalue weighted by atomic mass is 32.1. The lowest BCUT2D eigenvalue weighted by Gasteiger charge is -2.20. The average Bonchev–Trinajstić information content (AvgIpc) is 2.35. The summed E-state index contributed by atoms with van der Waals surface area (Å²) in [6, 6.07) is 0. The Kier molecular flexibility index (Phi) is 5.76. The molecule has 5 nitrogen and oxygen atoms in total. The van der Waals surface area contributed by atoms with Gasteiger partial charge in [-0.1, -0.05) is 0 Å². The van der Waals surface area contributed by atoms with Gasteiger partial charge in [-0.15, -0.1) is 25.3 Å². The van der Waals surface area contributed by atoms with Crippen LogP contribution in [0, 0.1) is 31.6 Å². The Morgan fingerprint density at radius 1 is 0.900 bits per heavy atom. The first-order valence-electron chi connectivity index (χ1n) is 6.09. The second-order valence-corrected chi connectivity index (χ2v) is 5.48. The first-order valence-corrected chi connectivity index (χ1v) is 6.98. The number of thiol groups is 2. The average molecular weight is 312 g/mol. The fourth-order valence-electron chi connectivity index (χ4n) is 2.19. The van der Waals surface area contributed by atoms with Gasteiger partial charge in [0.15, 0.2) is 10.3 Å². The van der Waals surface area contributed by atoms with Crippen molar-refractivity contribution in [1.29, 1.82) is 10.8 Å². The zero-order valence-electron chi connectivity index (χ0n) is 11.8. The lowest BCUT2D eigenvalue weighted by Crippen LogP contribution is -2.21. The van der Waals surface area contributed by atoms with Crippen molar-refractivity contribution in [2.24, 2.45) is 0 Å². The van der Waals surface area contributed by atoms with Gasteiger partial charge in [-0.3, -0.25) is 10.8 Å². The number of phenols is 1. The van der Waals surface area contributed by atoms with E-state index in [0.29, 0.717) is 13.1 Å². The number of nitrogens with one attached hydrogen (secondary N) is 4. The van der Waals surface area contributed by atoms with E-state index in [1.807, 2.05) is 20.8 Å². The van der Waals surface area contributed by atoms with Gasteiger partial charge in [0.05, 0.1) is 0 Å². The zero-order chi connectivity index (χ0) is 15.4. The van der Waals surface area contributed by atoms with Gasteiger partial charge in [-0.2, -0.15) is 0 Å². The summed E-state index contributed by atoms with van der Waals surface area (Å²) < 4.78 is 0. The second kappa shape index (κ2) is 6.90. The molecule has 0 aliphatic heterocycles. The third kappa shape index (κ3) is 3.83. The van der Waals surface area contributed by atoms with Crippen molar-refractivity contribution < 1.29 is 5.11 Å². The summed E-state index contributed by atoms with van der Waals surface area (Å²) in [7, 11) is 0. The minimum Gasteiger partial charge on any atom is -0.507 e. The standard InChI is InChI=1S/C13H20N4OS2/c1-6-9(4-16-12(14)19)7(2)11(18)8(3)10(6)5-17-13(15)20/h18H,4-5H2,1-3H3,(H3,14,16,19)(H3,15,17,20). The van der Waals surface area contributed by atoms with Crippen LogP contribution in [0.4, 0.5) is 0 Å². The van der Waals surface area contributed by atoms with E-state index in [0.717, 1.165) is 27.8 Å². The number of amidine groups is 2. The molecule has 0 fully saturated rings. The quantitative estimate of drug-likeness (QED) is 0.264. The molecule has 20 heavy (non-hydrogen) atoms. The zero-order valence-corrected chi connectivity index (χ0v) is 13.5. The first kappa shape index (κ1) is 16.7. The number of phenolic OH excluding ortho intramolecular Hbond substituents is 1. The van der Waals surface area contributed by atoms with E-state index in [4.69, 9.17) is 10.8 Å². The molecule has 5 N–H and O–H groups in total. The molecule has 1 rings (SSSR count). The lowest BCUT2D eigenvalue weighted by atomic mass is 9.92. The number of hydrogen-bond donors (Lipinski definition) is 7. The van der Waals surface area contributed by atoms with Crippen molar-refractivity contribution in [1.82, 2.24) is 10.6 Å². The van der Waals surface area contributed by atoms with Crippen LogP contribution < -0.4 is 10.6 Å². The van der Waals surface area contributed by atoms with Crippen LogP contribution in [0.2, 0.25) is 0 Å². The second-order valence-electron chi connectivity index (χ2n) is 4.59. The van der Waals surface area contributed by atoms with Crippen molar-refractivity contribution in [2.75, 3.05) is 0 Å². The van der Waals surface area contributed by atoms with Gasteiger partial charge in [-0.05, 0) is 48.6 Å². The van der Waals surface area contributed by atoms with Crippen molar-refractivity contribution in [2.45, 2.75) is 33.9 Å². The molecule has 0 spiro atoms. The molecule has 1 aromatic carbocycles. The third-order valence-corrected chi connectivity index (χ3v) is 3.70. The van der Waals surface area contributed by atoms with Gasteiger partial charge in [0.1, 0.15) is 5.75 Å². The maximum atomic E-state index is 10.2. The SMILES string of the molecule is Cc1c(O)c(C)c(CNC(=N)S)c(C)c1CNC(=N)S. The fourth-order valence-corrected chi connectivity index (χ4v) is 2.34. The van der Waals surface area contributed by atoms with Gasteiger partial charge in [0.2, 0.25) is 0 Å².